The first-order valence-electron chi connectivity index (χ1n) is 10.9. The molecule has 0 aliphatic heterocycles. The first-order chi connectivity index (χ1) is 15.4. The molecule has 1 fully saturated rings. The molecule has 0 saturated heterocycles. The first kappa shape index (κ1) is 21.9. The summed E-state index contributed by atoms with van der Waals surface area (Å²) in [5.41, 5.74) is 6.28. The highest BCUT2D eigenvalue weighted by atomic mass is 19.1. The molecule has 8 nitrogen and oxygen atoms in total. The van der Waals surface area contributed by atoms with Gasteiger partial charge in [0.25, 0.3) is 0 Å². The van der Waals surface area contributed by atoms with Crippen molar-refractivity contribution in [2.45, 2.75) is 58.0 Å². The molecule has 2 heterocycles. The normalized spacial score (nSPS) is 19.6. The lowest BCUT2D eigenvalue weighted by molar-refractivity contribution is -0.122. The standard InChI is InChI=1S/C22H27F2N7O/c1-3-12(2)27-21-26-11-17-20(30-21)31(14-9-7-13(8-10-14)19(25)32)22(28-17)29-18-15(23)5-4-6-16(18)24/h4-6,11-14H,3,7-10H2,1-2H3,(H2,25,32)(H,28,29)(H,26,27,30)/t12-,13-,14+/m0/s1. The molecule has 2 aromatic heterocycles. The number of hydrogen-bond acceptors (Lipinski definition) is 6. The van der Waals surface area contributed by atoms with Gasteiger partial charge in [-0.05, 0) is 51.2 Å². The first-order valence-corrected chi connectivity index (χ1v) is 10.9. The number of nitrogens with two attached hydrogens (primary N) is 1. The number of carbonyl (C=O) groups is 1. The average Bonchev–Trinajstić information content (AvgIpc) is 3.13. The summed E-state index contributed by atoms with van der Waals surface area (Å²) in [5.74, 6) is -1.16. The van der Waals surface area contributed by atoms with Crippen LogP contribution in [0.15, 0.2) is 24.4 Å². The van der Waals surface area contributed by atoms with Gasteiger partial charge in [-0.3, -0.25) is 9.36 Å². The fourth-order valence-corrected chi connectivity index (χ4v) is 4.06. The van der Waals surface area contributed by atoms with Crippen molar-refractivity contribution in [1.82, 2.24) is 19.5 Å². The molecule has 4 rings (SSSR count). The summed E-state index contributed by atoms with van der Waals surface area (Å²) in [7, 11) is 0. The van der Waals surface area contributed by atoms with Gasteiger partial charge in [-0.1, -0.05) is 13.0 Å². The maximum absolute atomic E-state index is 14.3. The van der Waals surface area contributed by atoms with Gasteiger partial charge in [0.1, 0.15) is 22.8 Å². The summed E-state index contributed by atoms with van der Waals surface area (Å²) in [5, 5.41) is 6.07. The van der Waals surface area contributed by atoms with Crippen LogP contribution in [-0.2, 0) is 4.79 Å². The number of hydrogen-bond donors (Lipinski definition) is 3. The van der Waals surface area contributed by atoms with E-state index in [4.69, 9.17) is 5.73 Å². The Morgan fingerprint density at radius 2 is 1.91 bits per heavy atom. The number of rotatable bonds is 7. The second-order valence-corrected chi connectivity index (χ2v) is 8.29. The van der Waals surface area contributed by atoms with Crippen molar-refractivity contribution in [3.8, 4) is 0 Å². The fourth-order valence-electron chi connectivity index (χ4n) is 4.06. The highest BCUT2D eigenvalue weighted by molar-refractivity contribution is 5.78. The molecule has 1 amide bonds. The highest BCUT2D eigenvalue weighted by Gasteiger charge is 2.29. The third-order valence-corrected chi connectivity index (χ3v) is 6.08. The van der Waals surface area contributed by atoms with Crippen LogP contribution >= 0.6 is 0 Å². The van der Waals surface area contributed by atoms with Gasteiger partial charge in [0.15, 0.2) is 5.65 Å². The molecule has 1 atom stereocenters. The second-order valence-electron chi connectivity index (χ2n) is 8.29. The van der Waals surface area contributed by atoms with E-state index in [1.807, 2.05) is 11.5 Å². The molecule has 10 heteroatoms. The SMILES string of the molecule is CC[C@H](C)Nc1ncc2nc(Nc3c(F)cccc3F)n([C@H]3CC[C@@H](C(N)=O)CC3)c2n1. The summed E-state index contributed by atoms with van der Waals surface area (Å²) in [6.07, 6.45) is 5.11. The predicted octanol–water partition coefficient (Wildman–Crippen LogP) is 4.28. The van der Waals surface area contributed by atoms with Crippen LogP contribution in [-0.4, -0.2) is 31.5 Å². The number of carbonyl (C=O) groups excluding carboxylic acids is 1. The number of fused-ring (bicyclic) bond motifs is 1. The molecule has 1 aliphatic carbocycles. The Balaban J connectivity index is 1.76. The van der Waals surface area contributed by atoms with Gasteiger partial charge in [-0.25, -0.2) is 18.7 Å². The number of amides is 1. The molecule has 0 radical (unpaired) electrons. The molecule has 1 aliphatic rings. The van der Waals surface area contributed by atoms with E-state index >= 15 is 0 Å². The third kappa shape index (κ3) is 4.35. The maximum Gasteiger partial charge on any atom is 0.224 e. The number of imidazole rings is 1. The van der Waals surface area contributed by atoms with Gasteiger partial charge < -0.3 is 16.4 Å². The second kappa shape index (κ2) is 9.05. The molecule has 3 aromatic rings. The minimum atomic E-state index is -0.716. The van der Waals surface area contributed by atoms with Crippen LogP contribution < -0.4 is 16.4 Å². The van der Waals surface area contributed by atoms with Crippen LogP contribution in [0, 0.1) is 17.6 Å². The Labute approximate surface area is 184 Å². The van der Waals surface area contributed by atoms with E-state index in [9.17, 15) is 13.6 Å². The van der Waals surface area contributed by atoms with Crippen LogP contribution in [0.25, 0.3) is 11.2 Å². The summed E-state index contributed by atoms with van der Waals surface area (Å²) in [4.78, 5) is 25.1. The molecule has 1 aromatic carbocycles. The van der Waals surface area contributed by atoms with Crippen molar-refractivity contribution in [1.29, 1.82) is 0 Å². The van der Waals surface area contributed by atoms with Crippen molar-refractivity contribution in [2.24, 2.45) is 11.7 Å². The third-order valence-electron chi connectivity index (χ3n) is 6.08. The van der Waals surface area contributed by atoms with Crippen LogP contribution in [0.3, 0.4) is 0 Å². The Morgan fingerprint density at radius 3 is 2.53 bits per heavy atom. The van der Waals surface area contributed by atoms with Crippen molar-refractivity contribution in [3.05, 3.63) is 36.0 Å². The number of primary amides is 1. The number of benzene rings is 1. The molecule has 0 unspecified atom stereocenters. The largest absolute Gasteiger partial charge is 0.369 e. The number of halogens is 2. The minimum Gasteiger partial charge on any atom is -0.369 e. The number of nitrogens with one attached hydrogen (secondary N) is 2. The van der Waals surface area contributed by atoms with E-state index in [-0.39, 0.29) is 35.5 Å². The van der Waals surface area contributed by atoms with E-state index in [0.717, 1.165) is 6.42 Å². The topological polar surface area (TPSA) is 111 Å². The summed E-state index contributed by atoms with van der Waals surface area (Å²) >= 11 is 0. The van der Waals surface area contributed by atoms with Gasteiger partial charge in [-0.15, -0.1) is 0 Å². The van der Waals surface area contributed by atoms with Gasteiger partial charge in [0, 0.05) is 18.0 Å². The molecule has 0 spiro atoms. The van der Waals surface area contributed by atoms with Crippen LogP contribution in [0.1, 0.15) is 52.0 Å². The zero-order valence-corrected chi connectivity index (χ0v) is 18.1. The molecule has 170 valence electrons. The van der Waals surface area contributed by atoms with E-state index in [2.05, 4.69) is 32.5 Å². The number of anilines is 3. The van der Waals surface area contributed by atoms with Crippen LogP contribution in [0.5, 0.6) is 0 Å². The van der Waals surface area contributed by atoms with Crippen molar-refractivity contribution in [3.63, 3.8) is 0 Å². The monoisotopic (exact) mass is 443 g/mol. The maximum atomic E-state index is 14.3. The van der Waals surface area contributed by atoms with Crippen molar-refractivity contribution < 1.29 is 13.6 Å². The van der Waals surface area contributed by atoms with E-state index < -0.39 is 11.6 Å². The van der Waals surface area contributed by atoms with E-state index in [1.165, 1.54) is 18.2 Å². The highest BCUT2D eigenvalue weighted by Crippen LogP contribution is 2.37. The van der Waals surface area contributed by atoms with Gasteiger partial charge in [0.2, 0.25) is 17.8 Å². The minimum absolute atomic E-state index is 0.0562. The molecular weight excluding hydrogens is 416 g/mol. The molecule has 1 saturated carbocycles. The average molecular weight is 444 g/mol. The summed E-state index contributed by atoms with van der Waals surface area (Å²) < 4.78 is 30.5. The van der Waals surface area contributed by atoms with Gasteiger partial charge in [-0.2, -0.15) is 4.98 Å². The van der Waals surface area contributed by atoms with Gasteiger partial charge >= 0.3 is 0 Å². The molecule has 4 N–H and O–H groups in total. The fraction of sp³-hybridized carbons (Fsp3) is 0.455. The lowest BCUT2D eigenvalue weighted by Crippen LogP contribution is -2.29. The van der Waals surface area contributed by atoms with Crippen molar-refractivity contribution >= 4 is 34.7 Å². The Bertz CT molecular complexity index is 1100. The Hall–Kier alpha value is -3.30. The van der Waals surface area contributed by atoms with Crippen LogP contribution in [0.2, 0.25) is 0 Å². The number of nitrogens with zero attached hydrogens (tertiary/aromatic N) is 4. The summed E-state index contributed by atoms with van der Waals surface area (Å²) in [6, 6.07) is 3.80. The van der Waals surface area contributed by atoms with Crippen molar-refractivity contribution in [2.75, 3.05) is 10.6 Å². The molecular formula is C22H27F2N7O. The zero-order valence-electron chi connectivity index (χ0n) is 18.1. The number of aromatic nitrogens is 4. The smallest absolute Gasteiger partial charge is 0.224 e. The summed E-state index contributed by atoms with van der Waals surface area (Å²) in [6.45, 7) is 4.09. The molecule has 0 bridgehead atoms. The lowest BCUT2D eigenvalue weighted by atomic mass is 9.85. The zero-order chi connectivity index (χ0) is 22.8. The predicted molar refractivity (Wildman–Crippen MR) is 119 cm³/mol. The number of para-hydroxylation sites is 1. The van der Waals surface area contributed by atoms with Gasteiger partial charge in [0.05, 0.1) is 6.20 Å². The van der Waals surface area contributed by atoms with E-state index in [0.29, 0.717) is 42.8 Å². The van der Waals surface area contributed by atoms with E-state index in [1.54, 1.807) is 6.20 Å². The van der Waals surface area contributed by atoms with Crippen LogP contribution in [0.4, 0.5) is 26.4 Å². The lowest BCUT2D eigenvalue weighted by Gasteiger charge is -2.29. The Morgan fingerprint density at radius 1 is 1.22 bits per heavy atom. The molecule has 32 heavy (non-hydrogen) atoms. The quantitative estimate of drug-likeness (QED) is 0.503. The Kier molecular flexibility index (Phi) is 6.20.